The predicted molar refractivity (Wildman–Crippen MR) is 92.2 cm³/mol. The van der Waals surface area contributed by atoms with Crippen molar-refractivity contribution in [3.8, 4) is 5.75 Å². The monoisotopic (exact) mass is 381 g/mol. The van der Waals surface area contributed by atoms with E-state index in [2.05, 4.69) is 10.1 Å². The number of amides is 1. The molecule has 4 nitrogen and oxygen atoms in total. The quantitative estimate of drug-likeness (QED) is 0.694. The first kappa shape index (κ1) is 18.2. The molecule has 0 bridgehead atoms. The molecular weight excluding hydrogens is 367 g/mol. The Bertz CT molecular complexity index is 906. The Hall–Kier alpha value is -2.58. The zero-order chi connectivity index (χ0) is 18.7. The Morgan fingerprint density at radius 2 is 1.85 bits per heavy atom. The van der Waals surface area contributed by atoms with Gasteiger partial charge in [0.1, 0.15) is 5.75 Å². The van der Waals surface area contributed by atoms with Gasteiger partial charge in [-0.3, -0.25) is 4.79 Å². The van der Waals surface area contributed by atoms with Gasteiger partial charge in [0, 0.05) is 22.4 Å². The molecule has 3 rings (SSSR count). The minimum atomic E-state index is -4.78. The lowest BCUT2D eigenvalue weighted by atomic mass is 10.1. The molecule has 0 fully saturated rings. The van der Waals surface area contributed by atoms with Gasteiger partial charge in [-0.2, -0.15) is 0 Å². The molecule has 1 heterocycles. The molecule has 0 aliphatic rings. The number of nitrogens with one attached hydrogen (secondary N) is 1. The Labute approximate surface area is 150 Å². The highest BCUT2D eigenvalue weighted by Crippen LogP contribution is 2.30. The van der Waals surface area contributed by atoms with Crippen molar-refractivity contribution in [2.75, 3.05) is 6.54 Å². The fourth-order valence-electron chi connectivity index (χ4n) is 2.47. The van der Waals surface area contributed by atoms with E-state index < -0.39 is 24.1 Å². The molecule has 136 valence electrons. The van der Waals surface area contributed by atoms with E-state index >= 15 is 0 Å². The highest BCUT2D eigenvalue weighted by Gasteiger charge is 2.31. The van der Waals surface area contributed by atoms with E-state index in [0.717, 1.165) is 27.8 Å². The lowest BCUT2D eigenvalue weighted by molar-refractivity contribution is -0.274. The van der Waals surface area contributed by atoms with Crippen LogP contribution < -0.4 is 10.1 Å². The van der Waals surface area contributed by atoms with Crippen molar-refractivity contribution >= 4 is 27.3 Å². The van der Waals surface area contributed by atoms with Crippen LogP contribution >= 0.6 is 11.3 Å². The van der Waals surface area contributed by atoms with Crippen molar-refractivity contribution in [3.05, 3.63) is 65.0 Å². The summed E-state index contributed by atoms with van der Waals surface area (Å²) in [7, 11) is 0. The number of fused-ring (bicyclic) bond motifs is 1. The summed E-state index contributed by atoms with van der Waals surface area (Å²) in [5.74, 6) is -0.902. The first-order valence-electron chi connectivity index (χ1n) is 7.62. The number of hydrogen-bond acceptors (Lipinski definition) is 4. The summed E-state index contributed by atoms with van der Waals surface area (Å²) < 4.78 is 41.2. The standard InChI is InChI=1S/C18H14F3NO3S/c19-18(20,21)25-12-7-5-11(6-8-12)17(24)22-9-15(23)14-10-26-16-4-2-1-3-13(14)16/h1-8,10,15,23H,9H2,(H,22,24). The van der Waals surface area contributed by atoms with Crippen LogP contribution in [0.2, 0.25) is 0 Å². The van der Waals surface area contributed by atoms with E-state index in [0.29, 0.717) is 0 Å². The van der Waals surface area contributed by atoms with Gasteiger partial charge in [-0.05, 0) is 41.1 Å². The third kappa shape index (κ3) is 4.33. The molecule has 0 aliphatic heterocycles. The largest absolute Gasteiger partial charge is 0.573 e. The van der Waals surface area contributed by atoms with E-state index in [9.17, 15) is 23.1 Å². The molecule has 1 atom stereocenters. The topological polar surface area (TPSA) is 58.6 Å². The van der Waals surface area contributed by atoms with E-state index in [1.165, 1.54) is 23.5 Å². The average molecular weight is 381 g/mol. The molecule has 1 amide bonds. The first-order valence-corrected chi connectivity index (χ1v) is 8.49. The number of alkyl halides is 3. The summed E-state index contributed by atoms with van der Waals surface area (Å²) in [6.07, 6.45) is -5.67. The summed E-state index contributed by atoms with van der Waals surface area (Å²) in [6.45, 7) is -0.0135. The molecule has 0 saturated heterocycles. The molecule has 8 heteroatoms. The van der Waals surface area contributed by atoms with Gasteiger partial charge < -0.3 is 15.2 Å². The van der Waals surface area contributed by atoms with Gasteiger partial charge in [-0.25, -0.2) is 0 Å². The number of carbonyl (C=O) groups is 1. The van der Waals surface area contributed by atoms with Crippen LogP contribution in [0.1, 0.15) is 22.0 Å². The maximum Gasteiger partial charge on any atom is 0.573 e. The van der Waals surface area contributed by atoms with Crippen LogP contribution in [0.25, 0.3) is 10.1 Å². The van der Waals surface area contributed by atoms with E-state index in [4.69, 9.17) is 0 Å². The van der Waals surface area contributed by atoms with Crippen LogP contribution in [-0.4, -0.2) is 23.9 Å². The molecule has 0 saturated carbocycles. The van der Waals surface area contributed by atoms with Gasteiger partial charge in [-0.15, -0.1) is 24.5 Å². The Kier molecular flexibility index (Phi) is 5.15. The smallest absolute Gasteiger partial charge is 0.406 e. The SMILES string of the molecule is O=C(NCC(O)c1csc2ccccc12)c1ccc(OC(F)(F)F)cc1. The van der Waals surface area contributed by atoms with Crippen molar-refractivity contribution in [2.24, 2.45) is 0 Å². The van der Waals surface area contributed by atoms with Crippen LogP contribution in [0.3, 0.4) is 0 Å². The zero-order valence-electron chi connectivity index (χ0n) is 13.3. The molecule has 1 aromatic heterocycles. The lowest BCUT2D eigenvalue weighted by Crippen LogP contribution is -2.28. The number of halogens is 3. The Morgan fingerprint density at radius 1 is 1.15 bits per heavy atom. The van der Waals surface area contributed by atoms with Crippen molar-refractivity contribution in [2.45, 2.75) is 12.5 Å². The maximum atomic E-state index is 12.1. The van der Waals surface area contributed by atoms with Crippen molar-refractivity contribution in [1.29, 1.82) is 0 Å². The summed E-state index contributed by atoms with van der Waals surface area (Å²) in [5, 5.41) is 15.7. The number of hydrogen-bond donors (Lipinski definition) is 2. The fourth-order valence-corrected chi connectivity index (χ4v) is 3.47. The lowest BCUT2D eigenvalue weighted by Gasteiger charge is -2.12. The highest BCUT2D eigenvalue weighted by molar-refractivity contribution is 7.17. The number of aliphatic hydroxyl groups is 1. The van der Waals surface area contributed by atoms with E-state index in [1.807, 2.05) is 29.6 Å². The van der Waals surface area contributed by atoms with Crippen LogP contribution in [0.4, 0.5) is 13.2 Å². The maximum absolute atomic E-state index is 12.1. The normalized spacial score (nSPS) is 12.8. The fraction of sp³-hybridized carbons (Fsp3) is 0.167. The Balaban J connectivity index is 1.61. The van der Waals surface area contributed by atoms with Crippen molar-refractivity contribution < 1.29 is 27.8 Å². The van der Waals surface area contributed by atoms with Gasteiger partial charge in [0.25, 0.3) is 5.91 Å². The zero-order valence-corrected chi connectivity index (χ0v) is 14.1. The minimum Gasteiger partial charge on any atom is -0.406 e. The summed E-state index contributed by atoms with van der Waals surface area (Å²) in [5.41, 5.74) is 0.890. The van der Waals surface area contributed by atoms with Gasteiger partial charge >= 0.3 is 6.36 Å². The molecular formula is C18H14F3NO3S. The molecule has 0 spiro atoms. The van der Waals surface area contributed by atoms with Crippen molar-refractivity contribution in [3.63, 3.8) is 0 Å². The van der Waals surface area contributed by atoms with Gasteiger partial charge in [0.15, 0.2) is 0 Å². The van der Waals surface area contributed by atoms with Gasteiger partial charge in [0.2, 0.25) is 0 Å². The van der Waals surface area contributed by atoms with Gasteiger partial charge in [0.05, 0.1) is 6.10 Å². The number of benzene rings is 2. The van der Waals surface area contributed by atoms with Gasteiger partial charge in [-0.1, -0.05) is 18.2 Å². The first-order chi connectivity index (χ1) is 12.3. The molecule has 2 N–H and O–H groups in total. The number of ether oxygens (including phenoxy) is 1. The van der Waals surface area contributed by atoms with E-state index in [1.54, 1.807) is 0 Å². The molecule has 0 radical (unpaired) electrons. The average Bonchev–Trinajstić information content (AvgIpc) is 3.03. The van der Waals surface area contributed by atoms with Crippen LogP contribution in [0.15, 0.2) is 53.9 Å². The summed E-state index contributed by atoms with van der Waals surface area (Å²) in [4.78, 5) is 12.1. The predicted octanol–water partition coefficient (Wildman–Crippen LogP) is 4.26. The highest BCUT2D eigenvalue weighted by atomic mass is 32.1. The number of rotatable bonds is 5. The van der Waals surface area contributed by atoms with Crippen molar-refractivity contribution in [1.82, 2.24) is 5.32 Å². The number of carbonyl (C=O) groups excluding carboxylic acids is 1. The third-order valence-electron chi connectivity index (χ3n) is 3.68. The minimum absolute atomic E-state index is 0.0135. The second-order valence-electron chi connectivity index (χ2n) is 5.49. The number of aliphatic hydroxyl groups excluding tert-OH is 1. The molecule has 2 aromatic carbocycles. The van der Waals surface area contributed by atoms with Crippen LogP contribution in [0, 0.1) is 0 Å². The van der Waals surface area contributed by atoms with E-state index in [-0.39, 0.29) is 12.1 Å². The molecule has 1 unspecified atom stereocenters. The Morgan fingerprint density at radius 3 is 2.54 bits per heavy atom. The van der Waals surface area contributed by atoms with Crippen LogP contribution in [-0.2, 0) is 0 Å². The molecule has 3 aromatic rings. The van der Waals surface area contributed by atoms with Crippen LogP contribution in [0.5, 0.6) is 5.75 Å². The molecule has 0 aliphatic carbocycles. The second kappa shape index (κ2) is 7.35. The third-order valence-corrected chi connectivity index (χ3v) is 4.66. The summed E-state index contributed by atoms with van der Waals surface area (Å²) in [6, 6.07) is 12.2. The summed E-state index contributed by atoms with van der Waals surface area (Å²) >= 11 is 1.50. The molecule has 26 heavy (non-hydrogen) atoms. The second-order valence-corrected chi connectivity index (χ2v) is 6.40. The number of thiophene rings is 1.